The molecule has 142 valence electrons. The number of hydrogen-bond donors (Lipinski definition) is 2. The lowest BCUT2D eigenvalue weighted by Crippen LogP contribution is -2.47. The molecule has 4 amide bonds. The highest BCUT2D eigenvalue weighted by Crippen LogP contribution is 2.34. The summed E-state index contributed by atoms with van der Waals surface area (Å²) in [6.45, 7) is 3.07. The van der Waals surface area contributed by atoms with E-state index < -0.39 is 29.4 Å². The van der Waals surface area contributed by atoms with Crippen LogP contribution >= 0.6 is 15.9 Å². The summed E-state index contributed by atoms with van der Waals surface area (Å²) < 4.78 is 0.674. The first kappa shape index (κ1) is 19.6. The number of rotatable bonds is 4. The van der Waals surface area contributed by atoms with Crippen LogP contribution in [0, 0.1) is 11.3 Å². The quantitative estimate of drug-likeness (QED) is 0.712. The third kappa shape index (κ3) is 3.25. The summed E-state index contributed by atoms with van der Waals surface area (Å²) in [6.07, 6.45) is 0. The van der Waals surface area contributed by atoms with Gasteiger partial charge in [-0.1, -0.05) is 46.3 Å². The second-order valence-corrected chi connectivity index (χ2v) is 7.39. The third-order valence-electron chi connectivity index (χ3n) is 4.71. The fraction of sp³-hybridized carbons (Fsp3) is 0.200. The Hall–Kier alpha value is -3.18. The van der Waals surface area contributed by atoms with E-state index in [0.717, 1.165) is 4.90 Å². The average Bonchev–Trinajstić information content (AvgIpc) is 2.91. The molecule has 2 atom stereocenters. The zero-order chi connectivity index (χ0) is 20.5. The van der Waals surface area contributed by atoms with Crippen molar-refractivity contribution in [2.45, 2.75) is 25.4 Å². The zero-order valence-electron chi connectivity index (χ0n) is 15.2. The molecule has 0 spiro atoms. The van der Waals surface area contributed by atoms with Gasteiger partial charge in [-0.15, -0.1) is 0 Å². The van der Waals surface area contributed by atoms with Gasteiger partial charge in [-0.3, -0.25) is 9.59 Å². The summed E-state index contributed by atoms with van der Waals surface area (Å²) in [5, 5.41) is 14.4. The Balaban J connectivity index is 1.86. The van der Waals surface area contributed by atoms with E-state index in [1.54, 1.807) is 55.5 Å². The molecule has 1 aliphatic heterocycles. The lowest BCUT2D eigenvalue weighted by atomic mass is 9.92. The van der Waals surface area contributed by atoms with Crippen molar-refractivity contribution in [2.24, 2.45) is 0 Å². The van der Waals surface area contributed by atoms with E-state index in [0.29, 0.717) is 21.3 Å². The molecule has 2 N–H and O–H groups in total. The van der Waals surface area contributed by atoms with E-state index >= 15 is 0 Å². The molecular weight excluding hydrogens is 424 g/mol. The molecule has 1 saturated heterocycles. The van der Waals surface area contributed by atoms with Crippen LogP contribution in [0.4, 0.5) is 10.5 Å². The Bertz CT molecular complexity index is 1020. The van der Waals surface area contributed by atoms with E-state index in [1.165, 1.54) is 6.92 Å². The Morgan fingerprint density at radius 1 is 1.21 bits per heavy atom. The van der Waals surface area contributed by atoms with E-state index in [2.05, 4.69) is 26.6 Å². The SMILES string of the molecule is C[C@H](C(=O)Nc1ccccc1C#N)N1C(=O)N[C@](C)(c2ccccc2Br)C1=O. The molecular formula is C20H17BrN4O3. The topological polar surface area (TPSA) is 102 Å². The van der Waals surface area contributed by atoms with E-state index in [4.69, 9.17) is 5.26 Å². The molecule has 2 aromatic carbocycles. The van der Waals surface area contributed by atoms with Crippen LogP contribution in [0.15, 0.2) is 53.0 Å². The van der Waals surface area contributed by atoms with Crippen LogP contribution in [0.1, 0.15) is 25.0 Å². The summed E-state index contributed by atoms with van der Waals surface area (Å²) >= 11 is 3.40. The number of hydrogen-bond acceptors (Lipinski definition) is 4. The minimum Gasteiger partial charge on any atom is -0.323 e. The number of nitriles is 1. The first-order chi connectivity index (χ1) is 13.3. The molecule has 2 aromatic rings. The molecule has 0 aromatic heterocycles. The van der Waals surface area contributed by atoms with E-state index in [-0.39, 0.29) is 0 Å². The molecule has 7 nitrogen and oxygen atoms in total. The van der Waals surface area contributed by atoms with E-state index in [1.807, 2.05) is 6.07 Å². The molecule has 0 unspecified atom stereocenters. The van der Waals surface area contributed by atoms with Crippen molar-refractivity contribution in [1.29, 1.82) is 5.26 Å². The number of urea groups is 1. The maximum Gasteiger partial charge on any atom is 0.326 e. The molecule has 0 aliphatic carbocycles. The number of para-hydroxylation sites is 1. The predicted octanol–water partition coefficient (Wildman–Crippen LogP) is 3.11. The molecule has 0 saturated carbocycles. The van der Waals surface area contributed by atoms with Gasteiger partial charge in [0.2, 0.25) is 5.91 Å². The smallest absolute Gasteiger partial charge is 0.323 e. The maximum absolute atomic E-state index is 13.1. The standard InChI is InChI=1S/C20H17BrN4O3/c1-12(17(26)23-16-10-6-3-7-13(16)11-22)25-18(27)20(2,24-19(25)28)14-8-4-5-9-15(14)21/h3-10,12H,1-2H3,(H,23,26)(H,24,28)/t12-,20-/m1/s1. The van der Waals surface area contributed by atoms with Gasteiger partial charge in [0.1, 0.15) is 17.6 Å². The molecule has 1 heterocycles. The normalized spacial score (nSPS) is 19.7. The average molecular weight is 441 g/mol. The Morgan fingerprint density at radius 2 is 1.86 bits per heavy atom. The van der Waals surface area contributed by atoms with Gasteiger partial charge in [-0.25, -0.2) is 9.69 Å². The van der Waals surface area contributed by atoms with Gasteiger partial charge < -0.3 is 10.6 Å². The van der Waals surface area contributed by atoms with Gasteiger partial charge in [0.25, 0.3) is 5.91 Å². The molecule has 8 heteroatoms. The number of nitrogens with zero attached hydrogens (tertiary/aromatic N) is 2. The first-order valence-electron chi connectivity index (χ1n) is 8.50. The fourth-order valence-corrected chi connectivity index (χ4v) is 3.79. The molecule has 0 bridgehead atoms. The summed E-state index contributed by atoms with van der Waals surface area (Å²) in [5.74, 6) is -1.09. The maximum atomic E-state index is 13.1. The summed E-state index contributed by atoms with van der Waals surface area (Å²) in [7, 11) is 0. The number of amides is 4. The monoisotopic (exact) mass is 440 g/mol. The van der Waals surface area contributed by atoms with Crippen molar-refractivity contribution in [2.75, 3.05) is 5.32 Å². The van der Waals surface area contributed by atoms with Gasteiger partial charge in [0.05, 0.1) is 11.3 Å². The van der Waals surface area contributed by atoms with Crippen molar-refractivity contribution in [1.82, 2.24) is 10.2 Å². The second kappa shape index (κ2) is 7.44. The summed E-state index contributed by atoms with van der Waals surface area (Å²) in [6, 6.07) is 13.9. The van der Waals surface area contributed by atoms with Gasteiger partial charge in [0.15, 0.2) is 0 Å². The Labute approximate surface area is 170 Å². The van der Waals surface area contributed by atoms with Crippen molar-refractivity contribution in [3.8, 4) is 6.07 Å². The Morgan fingerprint density at radius 3 is 2.54 bits per heavy atom. The fourth-order valence-electron chi connectivity index (χ4n) is 3.11. The number of nitrogens with one attached hydrogen (secondary N) is 2. The number of carbonyl (C=O) groups is 3. The van der Waals surface area contributed by atoms with Crippen LogP contribution in [0.25, 0.3) is 0 Å². The summed E-state index contributed by atoms with van der Waals surface area (Å²) in [4.78, 5) is 39.2. The van der Waals surface area contributed by atoms with Crippen LogP contribution in [0.5, 0.6) is 0 Å². The van der Waals surface area contributed by atoms with E-state index in [9.17, 15) is 14.4 Å². The number of benzene rings is 2. The molecule has 3 rings (SSSR count). The van der Waals surface area contributed by atoms with Crippen LogP contribution in [0.2, 0.25) is 0 Å². The number of imide groups is 1. The predicted molar refractivity (Wildman–Crippen MR) is 106 cm³/mol. The largest absolute Gasteiger partial charge is 0.326 e. The first-order valence-corrected chi connectivity index (χ1v) is 9.29. The van der Waals surface area contributed by atoms with Crippen LogP contribution < -0.4 is 10.6 Å². The number of anilines is 1. The highest BCUT2D eigenvalue weighted by atomic mass is 79.9. The minimum atomic E-state index is -1.30. The highest BCUT2D eigenvalue weighted by molar-refractivity contribution is 9.10. The van der Waals surface area contributed by atoms with Crippen molar-refractivity contribution >= 4 is 39.5 Å². The second-order valence-electron chi connectivity index (χ2n) is 6.53. The molecule has 1 aliphatic rings. The lowest BCUT2D eigenvalue weighted by Gasteiger charge is -2.25. The Kier molecular flexibility index (Phi) is 5.21. The number of halogens is 1. The van der Waals surface area contributed by atoms with Crippen molar-refractivity contribution in [3.63, 3.8) is 0 Å². The van der Waals surface area contributed by atoms with Crippen LogP contribution in [0.3, 0.4) is 0 Å². The van der Waals surface area contributed by atoms with Crippen LogP contribution in [-0.2, 0) is 15.1 Å². The lowest BCUT2D eigenvalue weighted by molar-refractivity contribution is -0.136. The third-order valence-corrected chi connectivity index (χ3v) is 5.40. The molecule has 0 radical (unpaired) electrons. The zero-order valence-corrected chi connectivity index (χ0v) is 16.8. The minimum absolute atomic E-state index is 0.290. The van der Waals surface area contributed by atoms with Gasteiger partial charge in [-0.2, -0.15) is 5.26 Å². The van der Waals surface area contributed by atoms with Crippen molar-refractivity contribution in [3.05, 3.63) is 64.1 Å². The summed E-state index contributed by atoms with van der Waals surface area (Å²) in [5.41, 5.74) is -0.0879. The molecule has 28 heavy (non-hydrogen) atoms. The van der Waals surface area contributed by atoms with Gasteiger partial charge >= 0.3 is 6.03 Å². The van der Waals surface area contributed by atoms with Crippen LogP contribution in [-0.4, -0.2) is 28.8 Å². The van der Waals surface area contributed by atoms with Gasteiger partial charge in [-0.05, 0) is 32.0 Å². The number of carbonyl (C=O) groups excluding carboxylic acids is 3. The van der Waals surface area contributed by atoms with Gasteiger partial charge in [0, 0.05) is 10.0 Å². The van der Waals surface area contributed by atoms with Crippen molar-refractivity contribution < 1.29 is 14.4 Å². The highest BCUT2D eigenvalue weighted by Gasteiger charge is 2.52. The molecule has 1 fully saturated rings.